The van der Waals surface area contributed by atoms with Crippen molar-refractivity contribution in [2.75, 3.05) is 19.7 Å². The number of nitrogens with zero attached hydrogens (tertiary/aromatic N) is 2. The van der Waals surface area contributed by atoms with E-state index in [0.717, 1.165) is 25.1 Å². The molecule has 126 valence electrons. The Morgan fingerprint density at radius 3 is 2.88 bits per heavy atom. The summed E-state index contributed by atoms with van der Waals surface area (Å²) in [6.07, 6.45) is 3.95. The summed E-state index contributed by atoms with van der Waals surface area (Å²) in [4.78, 5) is 18.5. The largest absolute Gasteiger partial charge is 0.490 e. The van der Waals surface area contributed by atoms with Crippen LogP contribution in [0.2, 0.25) is 0 Å². The van der Waals surface area contributed by atoms with Crippen molar-refractivity contribution in [3.63, 3.8) is 0 Å². The Bertz CT molecular complexity index is 678. The van der Waals surface area contributed by atoms with Crippen LogP contribution >= 0.6 is 0 Å². The molecule has 0 saturated carbocycles. The number of para-hydroxylation sites is 1. The van der Waals surface area contributed by atoms with Gasteiger partial charge in [-0.25, -0.2) is 4.39 Å². The van der Waals surface area contributed by atoms with Crippen LogP contribution in [-0.2, 0) is 11.2 Å². The lowest BCUT2D eigenvalue weighted by molar-refractivity contribution is -0.132. The molecule has 2 heterocycles. The number of carbonyl (C=O) groups excluding carboxylic acids is 1. The van der Waals surface area contributed by atoms with Crippen LogP contribution in [0.3, 0.4) is 0 Å². The first kappa shape index (κ1) is 16.4. The normalized spacial score (nSPS) is 17.5. The van der Waals surface area contributed by atoms with Crippen molar-refractivity contribution in [3.8, 4) is 5.75 Å². The number of hydrogen-bond donors (Lipinski definition) is 0. The number of amides is 1. The average Bonchev–Trinajstić information content (AvgIpc) is 2.62. The number of pyridine rings is 1. The number of piperidine rings is 1. The predicted octanol–water partition coefficient (Wildman–Crippen LogP) is 3.08. The van der Waals surface area contributed by atoms with Crippen LogP contribution < -0.4 is 4.74 Å². The van der Waals surface area contributed by atoms with Gasteiger partial charge in [0.2, 0.25) is 5.91 Å². The molecule has 4 nitrogen and oxygen atoms in total. The standard InChI is InChI=1S/C19H21FN2O2/c20-17-8-1-2-9-18(17)24-14-15-6-5-11-22(13-15)19(23)12-16-7-3-4-10-21-16/h1-4,7-10,15H,5-6,11-14H2. The average molecular weight is 328 g/mol. The Balaban J connectivity index is 1.52. The van der Waals surface area contributed by atoms with E-state index < -0.39 is 0 Å². The third-order valence-corrected chi connectivity index (χ3v) is 4.24. The van der Waals surface area contributed by atoms with E-state index in [0.29, 0.717) is 19.6 Å². The zero-order valence-corrected chi connectivity index (χ0v) is 13.5. The van der Waals surface area contributed by atoms with Crippen LogP contribution in [0, 0.1) is 11.7 Å². The topological polar surface area (TPSA) is 42.4 Å². The Morgan fingerprint density at radius 1 is 1.25 bits per heavy atom. The molecule has 0 N–H and O–H groups in total. The first-order valence-electron chi connectivity index (χ1n) is 8.27. The SMILES string of the molecule is O=C(Cc1ccccn1)N1CCCC(COc2ccccc2F)C1. The van der Waals surface area contributed by atoms with Crippen LogP contribution in [-0.4, -0.2) is 35.5 Å². The number of likely N-dealkylation sites (tertiary alicyclic amines) is 1. The van der Waals surface area contributed by atoms with Crippen LogP contribution in [0.25, 0.3) is 0 Å². The van der Waals surface area contributed by atoms with E-state index in [9.17, 15) is 9.18 Å². The van der Waals surface area contributed by atoms with E-state index in [1.54, 1.807) is 24.4 Å². The van der Waals surface area contributed by atoms with E-state index in [1.165, 1.54) is 6.07 Å². The summed E-state index contributed by atoms with van der Waals surface area (Å²) < 4.78 is 19.2. The van der Waals surface area contributed by atoms with Gasteiger partial charge < -0.3 is 9.64 Å². The van der Waals surface area contributed by atoms with Crippen LogP contribution in [0.5, 0.6) is 5.75 Å². The second-order valence-electron chi connectivity index (χ2n) is 6.09. The predicted molar refractivity (Wildman–Crippen MR) is 89.1 cm³/mol. The molecule has 2 aromatic rings. The van der Waals surface area contributed by atoms with Crippen molar-refractivity contribution in [3.05, 3.63) is 60.2 Å². The summed E-state index contributed by atoms with van der Waals surface area (Å²) in [5.41, 5.74) is 0.784. The highest BCUT2D eigenvalue weighted by Gasteiger charge is 2.24. The molecular weight excluding hydrogens is 307 g/mol. The highest BCUT2D eigenvalue weighted by atomic mass is 19.1. The van der Waals surface area contributed by atoms with Gasteiger partial charge in [0.15, 0.2) is 11.6 Å². The molecule has 3 rings (SSSR count). The minimum Gasteiger partial charge on any atom is -0.490 e. The summed E-state index contributed by atoms with van der Waals surface area (Å²) in [5, 5.41) is 0. The molecule has 1 atom stereocenters. The van der Waals surface area contributed by atoms with Gasteiger partial charge in [-0.1, -0.05) is 18.2 Å². The molecule has 1 aliphatic heterocycles. The molecule has 1 amide bonds. The highest BCUT2D eigenvalue weighted by Crippen LogP contribution is 2.21. The highest BCUT2D eigenvalue weighted by molar-refractivity contribution is 5.78. The van der Waals surface area contributed by atoms with Gasteiger partial charge >= 0.3 is 0 Å². The lowest BCUT2D eigenvalue weighted by Crippen LogP contribution is -2.42. The summed E-state index contributed by atoms with van der Waals surface area (Å²) in [5.74, 6) is 0.237. The molecule has 1 aliphatic rings. The maximum Gasteiger partial charge on any atom is 0.228 e. The summed E-state index contributed by atoms with van der Waals surface area (Å²) in [7, 11) is 0. The zero-order chi connectivity index (χ0) is 16.8. The van der Waals surface area contributed by atoms with E-state index >= 15 is 0 Å². The molecule has 5 heteroatoms. The Hall–Kier alpha value is -2.43. The van der Waals surface area contributed by atoms with Gasteiger partial charge in [-0.2, -0.15) is 0 Å². The molecule has 1 saturated heterocycles. The molecule has 1 aromatic carbocycles. The molecule has 1 aromatic heterocycles. The minimum atomic E-state index is -0.351. The van der Waals surface area contributed by atoms with E-state index in [-0.39, 0.29) is 23.4 Å². The van der Waals surface area contributed by atoms with Gasteiger partial charge in [0.1, 0.15) is 0 Å². The Kier molecular flexibility index (Phi) is 5.41. The quantitative estimate of drug-likeness (QED) is 0.847. The number of halogens is 1. The number of aromatic nitrogens is 1. The van der Waals surface area contributed by atoms with E-state index in [4.69, 9.17) is 4.74 Å². The Morgan fingerprint density at radius 2 is 2.08 bits per heavy atom. The summed E-state index contributed by atoms with van der Waals surface area (Å²) >= 11 is 0. The van der Waals surface area contributed by atoms with E-state index in [1.807, 2.05) is 23.1 Å². The third-order valence-electron chi connectivity index (χ3n) is 4.24. The molecule has 0 bridgehead atoms. The third kappa shape index (κ3) is 4.31. The Labute approximate surface area is 141 Å². The molecule has 1 fully saturated rings. The second kappa shape index (κ2) is 7.90. The fourth-order valence-electron chi connectivity index (χ4n) is 2.97. The van der Waals surface area contributed by atoms with Gasteiger partial charge in [0.05, 0.1) is 13.0 Å². The number of hydrogen-bond acceptors (Lipinski definition) is 3. The smallest absolute Gasteiger partial charge is 0.228 e. The van der Waals surface area contributed by atoms with Crippen LogP contribution in [0.1, 0.15) is 18.5 Å². The van der Waals surface area contributed by atoms with Crippen molar-refractivity contribution in [1.82, 2.24) is 9.88 Å². The fourth-order valence-corrected chi connectivity index (χ4v) is 2.97. The lowest BCUT2D eigenvalue weighted by atomic mass is 9.98. The fraction of sp³-hybridized carbons (Fsp3) is 0.368. The van der Waals surface area contributed by atoms with Gasteiger partial charge in [-0.3, -0.25) is 9.78 Å². The van der Waals surface area contributed by atoms with Gasteiger partial charge in [-0.05, 0) is 37.1 Å². The van der Waals surface area contributed by atoms with E-state index in [2.05, 4.69) is 4.98 Å². The van der Waals surface area contributed by atoms with Crippen molar-refractivity contribution >= 4 is 5.91 Å². The lowest BCUT2D eigenvalue weighted by Gasteiger charge is -2.32. The zero-order valence-electron chi connectivity index (χ0n) is 13.5. The summed E-state index contributed by atoms with van der Waals surface area (Å²) in [6, 6.07) is 12.0. The summed E-state index contributed by atoms with van der Waals surface area (Å²) in [6.45, 7) is 1.84. The molecule has 0 spiro atoms. The molecule has 1 unspecified atom stereocenters. The number of benzene rings is 1. The van der Waals surface area contributed by atoms with Gasteiger partial charge in [-0.15, -0.1) is 0 Å². The molecular formula is C19H21FN2O2. The van der Waals surface area contributed by atoms with Crippen LogP contribution in [0.15, 0.2) is 48.7 Å². The van der Waals surface area contributed by atoms with Gasteiger partial charge in [0.25, 0.3) is 0 Å². The monoisotopic (exact) mass is 328 g/mol. The van der Waals surface area contributed by atoms with Crippen LogP contribution in [0.4, 0.5) is 4.39 Å². The number of ether oxygens (including phenoxy) is 1. The first-order valence-corrected chi connectivity index (χ1v) is 8.27. The minimum absolute atomic E-state index is 0.0873. The van der Waals surface area contributed by atoms with Crippen molar-refractivity contribution in [2.24, 2.45) is 5.92 Å². The van der Waals surface area contributed by atoms with Gasteiger partial charge in [0, 0.05) is 30.9 Å². The maximum absolute atomic E-state index is 13.6. The van der Waals surface area contributed by atoms with Crippen molar-refractivity contribution in [1.29, 1.82) is 0 Å². The number of carbonyl (C=O) groups is 1. The molecule has 0 aliphatic carbocycles. The van der Waals surface area contributed by atoms with Crippen molar-refractivity contribution in [2.45, 2.75) is 19.3 Å². The first-order chi connectivity index (χ1) is 11.7. The second-order valence-corrected chi connectivity index (χ2v) is 6.09. The van der Waals surface area contributed by atoms with Crippen molar-refractivity contribution < 1.29 is 13.9 Å². The number of rotatable bonds is 5. The molecule has 24 heavy (non-hydrogen) atoms. The maximum atomic E-state index is 13.6. The molecule has 0 radical (unpaired) electrons.